The second kappa shape index (κ2) is 8.37. The first kappa shape index (κ1) is 20.8. The van der Waals surface area contributed by atoms with Crippen molar-refractivity contribution in [2.75, 3.05) is 11.9 Å². The van der Waals surface area contributed by atoms with Crippen LogP contribution in [0.5, 0.6) is 0 Å². The molecule has 1 unspecified atom stereocenters. The van der Waals surface area contributed by atoms with Gasteiger partial charge >= 0.3 is 6.18 Å². The number of amides is 1. The molecule has 7 nitrogen and oxygen atoms in total. The van der Waals surface area contributed by atoms with Crippen LogP contribution in [0.4, 0.5) is 24.8 Å². The number of aryl methyl sites for hydroxylation is 1. The number of aromatic nitrogens is 4. The molecule has 162 valence electrons. The predicted molar refractivity (Wildman–Crippen MR) is 109 cm³/mol. The minimum Gasteiger partial charge on any atom is -0.356 e. The average molecular weight is 430 g/mol. The largest absolute Gasteiger partial charge is 0.433 e. The number of carbonyl (C=O) groups excluding carboxylic acids is 1. The summed E-state index contributed by atoms with van der Waals surface area (Å²) in [5, 5.41) is 10.2. The van der Waals surface area contributed by atoms with Crippen molar-refractivity contribution in [3.8, 4) is 11.1 Å². The van der Waals surface area contributed by atoms with Gasteiger partial charge in [-0.3, -0.25) is 9.48 Å². The van der Waals surface area contributed by atoms with Crippen molar-refractivity contribution in [3.63, 3.8) is 0 Å². The van der Waals surface area contributed by atoms with Crippen molar-refractivity contribution in [3.05, 3.63) is 54.1 Å². The van der Waals surface area contributed by atoms with Crippen LogP contribution in [0.25, 0.3) is 11.1 Å². The number of nitrogens with one attached hydrogen (secondary N) is 2. The lowest BCUT2D eigenvalue weighted by Gasteiger charge is -2.13. The Labute approximate surface area is 176 Å². The maximum atomic E-state index is 12.9. The standard InChI is InChI=1S/C21H21F3N6O/c1-13-8-14(15-11-27-30(12-15)17-2-3-19(31)25-6-4-17)10-16(9-13)28-20-26-7-5-18(29-20)21(22,23)24/h5,7-12,17H,2-4,6H2,1H3,(H,25,31)(H,26,28,29). The molecule has 1 aromatic carbocycles. The molecular formula is C21H21F3N6O. The minimum absolute atomic E-state index is 0.0566. The van der Waals surface area contributed by atoms with Crippen molar-refractivity contribution in [1.82, 2.24) is 25.1 Å². The van der Waals surface area contributed by atoms with Gasteiger partial charge in [-0.05, 0) is 49.1 Å². The van der Waals surface area contributed by atoms with Gasteiger partial charge in [0, 0.05) is 36.6 Å². The molecule has 31 heavy (non-hydrogen) atoms. The molecule has 1 aliphatic rings. The fourth-order valence-electron chi connectivity index (χ4n) is 3.59. The number of alkyl halides is 3. The number of benzene rings is 1. The normalized spacial score (nSPS) is 17.2. The lowest BCUT2D eigenvalue weighted by atomic mass is 10.1. The van der Waals surface area contributed by atoms with Crippen LogP contribution in [-0.4, -0.2) is 32.2 Å². The van der Waals surface area contributed by atoms with Crippen LogP contribution in [0.3, 0.4) is 0 Å². The summed E-state index contributed by atoms with van der Waals surface area (Å²) in [5.41, 5.74) is 2.23. The van der Waals surface area contributed by atoms with E-state index in [-0.39, 0.29) is 17.9 Å². The van der Waals surface area contributed by atoms with Crippen LogP contribution in [-0.2, 0) is 11.0 Å². The summed E-state index contributed by atoms with van der Waals surface area (Å²) in [6, 6.07) is 6.56. The Kier molecular flexibility index (Phi) is 5.62. The zero-order valence-corrected chi connectivity index (χ0v) is 16.8. The van der Waals surface area contributed by atoms with Crippen LogP contribution in [0.2, 0.25) is 0 Å². The monoisotopic (exact) mass is 430 g/mol. The average Bonchev–Trinajstić information content (AvgIpc) is 3.10. The van der Waals surface area contributed by atoms with E-state index in [4.69, 9.17) is 0 Å². The molecular weight excluding hydrogens is 409 g/mol. The Morgan fingerprint density at radius 2 is 2.03 bits per heavy atom. The third-order valence-corrected chi connectivity index (χ3v) is 5.09. The SMILES string of the molecule is Cc1cc(Nc2nccc(C(F)(F)F)n2)cc(-c2cnn(C3CCNC(=O)CC3)c2)c1. The highest BCUT2D eigenvalue weighted by Gasteiger charge is 2.32. The molecule has 1 atom stereocenters. The number of halogens is 3. The van der Waals surface area contributed by atoms with Gasteiger partial charge < -0.3 is 10.6 Å². The molecule has 1 aliphatic heterocycles. The molecule has 3 aromatic rings. The van der Waals surface area contributed by atoms with Crippen LogP contribution in [0.1, 0.15) is 36.6 Å². The van der Waals surface area contributed by atoms with Crippen molar-refractivity contribution >= 4 is 17.5 Å². The highest BCUT2D eigenvalue weighted by molar-refractivity contribution is 5.76. The summed E-state index contributed by atoms with van der Waals surface area (Å²) in [6.45, 7) is 2.52. The van der Waals surface area contributed by atoms with E-state index in [2.05, 4.69) is 25.7 Å². The third-order valence-electron chi connectivity index (χ3n) is 5.09. The minimum atomic E-state index is -4.54. The molecule has 3 heterocycles. The molecule has 2 aromatic heterocycles. The molecule has 0 bridgehead atoms. The van der Waals surface area contributed by atoms with E-state index in [0.717, 1.165) is 41.8 Å². The first-order chi connectivity index (χ1) is 14.8. The van der Waals surface area contributed by atoms with E-state index in [0.29, 0.717) is 18.7 Å². The molecule has 0 radical (unpaired) electrons. The zero-order chi connectivity index (χ0) is 22.0. The van der Waals surface area contributed by atoms with Gasteiger partial charge in [-0.15, -0.1) is 0 Å². The summed E-state index contributed by atoms with van der Waals surface area (Å²) >= 11 is 0. The first-order valence-corrected chi connectivity index (χ1v) is 9.88. The first-order valence-electron chi connectivity index (χ1n) is 9.88. The van der Waals surface area contributed by atoms with E-state index < -0.39 is 11.9 Å². The lowest BCUT2D eigenvalue weighted by molar-refractivity contribution is -0.141. The molecule has 2 N–H and O–H groups in total. The molecule has 1 saturated heterocycles. The van der Waals surface area contributed by atoms with E-state index in [1.807, 2.05) is 29.9 Å². The number of nitrogens with zero attached hydrogens (tertiary/aromatic N) is 4. The van der Waals surface area contributed by atoms with Crippen LogP contribution < -0.4 is 10.6 Å². The summed E-state index contributed by atoms with van der Waals surface area (Å²) < 4.78 is 40.6. The fourth-order valence-corrected chi connectivity index (χ4v) is 3.59. The smallest absolute Gasteiger partial charge is 0.356 e. The molecule has 1 fully saturated rings. The maximum absolute atomic E-state index is 12.9. The van der Waals surface area contributed by atoms with Gasteiger partial charge in [-0.1, -0.05) is 6.07 Å². The van der Waals surface area contributed by atoms with E-state index in [9.17, 15) is 18.0 Å². The van der Waals surface area contributed by atoms with Crippen LogP contribution in [0, 0.1) is 6.92 Å². The second-order valence-corrected chi connectivity index (χ2v) is 7.52. The Balaban J connectivity index is 1.56. The second-order valence-electron chi connectivity index (χ2n) is 7.52. The van der Waals surface area contributed by atoms with Crippen LogP contribution in [0.15, 0.2) is 42.9 Å². The summed E-state index contributed by atoms with van der Waals surface area (Å²) in [5.74, 6) is -0.0706. The quantitative estimate of drug-likeness (QED) is 0.646. The summed E-state index contributed by atoms with van der Waals surface area (Å²) in [4.78, 5) is 19.0. The topological polar surface area (TPSA) is 84.7 Å². The van der Waals surface area contributed by atoms with E-state index in [1.165, 1.54) is 0 Å². The number of hydrogen-bond donors (Lipinski definition) is 2. The van der Waals surface area contributed by atoms with Crippen molar-refractivity contribution in [1.29, 1.82) is 0 Å². The van der Waals surface area contributed by atoms with Crippen LogP contribution >= 0.6 is 0 Å². The molecule has 10 heteroatoms. The van der Waals surface area contributed by atoms with Crippen molar-refractivity contribution in [2.45, 2.75) is 38.4 Å². The molecule has 0 saturated carbocycles. The lowest BCUT2D eigenvalue weighted by Crippen LogP contribution is -2.21. The Morgan fingerprint density at radius 3 is 2.84 bits per heavy atom. The summed E-state index contributed by atoms with van der Waals surface area (Å²) in [7, 11) is 0. The highest BCUT2D eigenvalue weighted by Crippen LogP contribution is 2.30. The van der Waals surface area contributed by atoms with Crippen molar-refractivity contribution < 1.29 is 18.0 Å². The maximum Gasteiger partial charge on any atom is 0.433 e. The van der Waals surface area contributed by atoms with E-state index >= 15 is 0 Å². The van der Waals surface area contributed by atoms with E-state index in [1.54, 1.807) is 12.3 Å². The number of carbonyl (C=O) groups is 1. The van der Waals surface area contributed by atoms with Gasteiger partial charge in [0.1, 0.15) is 5.69 Å². The summed E-state index contributed by atoms with van der Waals surface area (Å²) in [6.07, 6.45) is 2.21. The number of rotatable bonds is 4. The predicted octanol–water partition coefficient (Wildman–Crippen LogP) is 4.25. The van der Waals surface area contributed by atoms with Gasteiger partial charge in [0.2, 0.25) is 11.9 Å². The molecule has 0 aliphatic carbocycles. The van der Waals surface area contributed by atoms with Gasteiger partial charge in [0.25, 0.3) is 0 Å². The Bertz CT molecular complexity index is 1090. The molecule has 0 spiro atoms. The Hall–Kier alpha value is -3.43. The third kappa shape index (κ3) is 5.01. The van der Waals surface area contributed by atoms with Gasteiger partial charge in [-0.2, -0.15) is 18.3 Å². The van der Waals surface area contributed by atoms with Crippen molar-refractivity contribution in [2.24, 2.45) is 0 Å². The fraction of sp³-hybridized carbons (Fsp3) is 0.333. The molecule has 4 rings (SSSR count). The highest BCUT2D eigenvalue weighted by atomic mass is 19.4. The van der Waals surface area contributed by atoms with Gasteiger partial charge in [0.05, 0.1) is 12.2 Å². The van der Waals surface area contributed by atoms with Gasteiger partial charge in [-0.25, -0.2) is 9.97 Å². The number of anilines is 2. The number of hydrogen-bond acceptors (Lipinski definition) is 5. The Morgan fingerprint density at radius 1 is 1.19 bits per heavy atom. The molecule has 1 amide bonds. The zero-order valence-electron chi connectivity index (χ0n) is 16.8. The van der Waals surface area contributed by atoms with Gasteiger partial charge in [0.15, 0.2) is 0 Å².